The van der Waals surface area contributed by atoms with Gasteiger partial charge in [0.25, 0.3) is 0 Å². The summed E-state index contributed by atoms with van der Waals surface area (Å²) < 4.78 is 10.6. The van der Waals surface area contributed by atoms with E-state index in [1.807, 2.05) is 6.92 Å². The molecule has 4 heteroatoms. The average molecular weight is 213 g/mol. The minimum atomic E-state index is -0.0185. The van der Waals surface area contributed by atoms with Crippen molar-refractivity contribution in [2.45, 2.75) is 19.4 Å². The molecule has 1 heterocycles. The van der Waals surface area contributed by atoms with Crippen molar-refractivity contribution in [3.05, 3.63) is 12.7 Å². The maximum absolute atomic E-state index is 11.6. The fourth-order valence-corrected chi connectivity index (χ4v) is 1.43. The summed E-state index contributed by atoms with van der Waals surface area (Å²) >= 11 is 0. The third-order valence-electron chi connectivity index (χ3n) is 2.45. The van der Waals surface area contributed by atoms with Gasteiger partial charge in [0.05, 0.1) is 19.3 Å². The molecule has 1 aliphatic heterocycles. The minimum Gasteiger partial charge on any atom is -0.378 e. The second kappa shape index (κ2) is 6.58. The first-order valence-corrected chi connectivity index (χ1v) is 5.37. The molecule has 4 nitrogen and oxygen atoms in total. The molecule has 86 valence electrons. The lowest BCUT2D eigenvalue weighted by molar-refractivity contribution is -0.141. The number of carbonyl (C=O) groups is 1. The van der Waals surface area contributed by atoms with Gasteiger partial charge < -0.3 is 14.4 Å². The SMILES string of the molecule is C=CC(CC)OCC(=O)N1CCOCC1. The van der Waals surface area contributed by atoms with Crippen LogP contribution >= 0.6 is 0 Å². The standard InChI is InChI=1S/C11H19NO3/c1-3-10(4-2)15-9-11(13)12-5-7-14-8-6-12/h3,10H,1,4-9H2,2H3. The predicted molar refractivity (Wildman–Crippen MR) is 57.6 cm³/mol. The van der Waals surface area contributed by atoms with Crippen molar-refractivity contribution in [2.24, 2.45) is 0 Å². The number of morpholine rings is 1. The van der Waals surface area contributed by atoms with Crippen LogP contribution in [0.1, 0.15) is 13.3 Å². The van der Waals surface area contributed by atoms with Gasteiger partial charge in [0.15, 0.2) is 0 Å². The fourth-order valence-electron chi connectivity index (χ4n) is 1.43. The Labute approximate surface area is 90.8 Å². The summed E-state index contributed by atoms with van der Waals surface area (Å²) in [6, 6.07) is 0. The second-order valence-electron chi connectivity index (χ2n) is 3.49. The summed E-state index contributed by atoms with van der Waals surface area (Å²) in [5.74, 6) is 0.0404. The maximum Gasteiger partial charge on any atom is 0.248 e. The Hall–Kier alpha value is -0.870. The molecule has 0 aromatic rings. The molecule has 1 aliphatic rings. The molecule has 0 saturated carbocycles. The molecule has 0 aromatic heterocycles. The molecule has 0 bridgehead atoms. The molecule has 1 fully saturated rings. The van der Waals surface area contributed by atoms with Crippen LogP contribution in [-0.4, -0.2) is 49.8 Å². The highest BCUT2D eigenvalue weighted by atomic mass is 16.5. The topological polar surface area (TPSA) is 38.8 Å². The Morgan fingerprint density at radius 2 is 2.27 bits per heavy atom. The van der Waals surface area contributed by atoms with Crippen molar-refractivity contribution < 1.29 is 14.3 Å². The monoisotopic (exact) mass is 213 g/mol. The number of hydrogen-bond acceptors (Lipinski definition) is 3. The third kappa shape index (κ3) is 4.01. The van der Waals surface area contributed by atoms with Crippen LogP contribution < -0.4 is 0 Å². The van der Waals surface area contributed by atoms with E-state index in [0.717, 1.165) is 6.42 Å². The number of nitrogens with zero attached hydrogens (tertiary/aromatic N) is 1. The van der Waals surface area contributed by atoms with E-state index in [-0.39, 0.29) is 18.6 Å². The van der Waals surface area contributed by atoms with Crippen molar-refractivity contribution in [2.75, 3.05) is 32.9 Å². The summed E-state index contributed by atoms with van der Waals surface area (Å²) in [7, 11) is 0. The lowest BCUT2D eigenvalue weighted by atomic mass is 10.3. The van der Waals surface area contributed by atoms with Gasteiger partial charge in [0.2, 0.25) is 5.91 Å². The Kier molecular flexibility index (Phi) is 5.36. The lowest BCUT2D eigenvalue weighted by Gasteiger charge is -2.27. The van der Waals surface area contributed by atoms with Crippen molar-refractivity contribution in [3.8, 4) is 0 Å². The van der Waals surface area contributed by atoms with Crippen molar-refractivity contribution in [3.63, 3.8) is 0 Å². The van der Waals surface area contributed by atoms with E-state index in [2.05, 4.69) is 6.58 Å². The van der Waals surface area contributed by atoms with Crippen molar-refractivity contribution >= 4 is 5.91 Å². The van der Waals surface area contributed by atoms with Crippen LogP contribution in [0.4, 0.5) is 0 Å². The van der Waals surface area contributed by atoms with E-state index in [0.29, 0.717) is 26.3 Å². The summed E-state index contributed by atoms with van der Waals surface area (Å²) in [6.07, 6.45) is 2.56. The highest BCUT2D eigenvalue weighted by Gasteiger charge is 2.17. The summed E-state index contributed by atoms with van der Waals surface area (Å²) in [6.45, 7) is 8.41. The maximum atomic E-state index is 11.6. The number of amides is 1. The molecule has 0 radical (unpaired) electrons. The first kappa shape index (κ1) is 12.2. The molecule has 15 heavy (non-hydrogen) atoms. The Morgan fingerprint density at radius 3 is 2.80 bits per heavy atom. The quantitative estimate of drug-likeness (QED) is 0.635. The smallest absolute Gasteiger partial charge is 0.248 e. The largest absolute Gasteiger partial charge is 0.378 e. The number of rotatable bonds is 5. The number of hydrogen-bond donors (Lipinski definition) is 0. The first-order chi connectivity index (χ1) is 7.27. The van der Waals surface area contributed by atoms with E-state index in [1.54, 1.807) is 11.0 Å². The molecular weight excluding hydrogens is 194 g/mol. The Bertz CT molecular complexity index is 212. The van der Waals surface area contributed by atoms with Gasteiger partial charge in [-0.05, 0) is 6.42 Å². The van der Waals surface area contributed by atoms with Gasteiger partial charge in [0, 0.05) is 13.1 Å². The average Bonchev–Trinajstić information content (AvgIpc) is 2.31. The van der Waals surface area contributed by atoms with Crippen LogP contribution in [0.2, 0.25) is 0 Å². The molecule has 0 N–H and O–H groups in total. The van der Waals surface area contributed by atoms with Crippen LogP contribution in [-0.2, 0) is 14.3 Å². The summed E-state index contributed by atoms with van der Waals surface area (Å²) in [5.41, 5.74) is 0. The van der Waals surface area contributed by atoms with Crippen LogP contribution in [0.3, 0.4) is 0 Å². The van der Waals surface area contributed by atoms with Crippen LogP contribution in [0.15, 0.2) is 12.7 Å². The molecule has 0 spiro atoms. The zero-order chi connectivity index (χ0) is 11.1. The van der Waals surface area contributed by atoms with Gasteiger partial charge in [0.1, 0.15) is 6.61 Å². The van der Waals surface area contributed by atoms with E-state index in [4.69, 9.17) is 9.47 Å². The van der Waals surface area contributed by atoms with Crippen molar-refractivity contribution in [1.82, 2.24) is 4.90 Å². The second-order valence-corrected chi connectivity index (χ2v) is 3.49. The van der Waals surface area contributed by atoms with Gasteiger partial charge in [-0.1, -0.05) is 13.0 Å². The molecular formula is C11H19NO3. The van der Waals surface area contributed by atoms with Crippen LogP contribution in [0.25, 0.3) is 0 Å². The number of carbonyl (C=O) groups excluding carboxylic acids is 1. The zero-order valence-corrected chi connectivity index (χ0v) is 9.28. The zero-order valence-electron chi connectivity index (χ0n) is 9.28. The van der Waals surface area contributed by atoms with E-state index >= 15 is 0 Å². The van der Waals surface area contributed by atoms with Crippen LogP contribution in [0, 0.1) is 0 Å². The normalized spacial score (nSPS) is 18.6. The van der Waals surface area contributed by atoms with Gasteiger partial charge >= 0.3 is 0 Å². The van der Waals surface area contributed by atoms with E-state index < -0.39 is 0 Å². The Balaban J connectivity index is 2.25. The summed E-state index contributed by atoms with van der Waals surface area (Å²) in [5, 5.41) is 0. The van der Waals surface area contributed by atoms with Gasteiger partial charge in [-0.25, -0.2) is 0 Å². The molecule has 1 unspecified atom stereocenters. The number of ether oxygens (including phenoxy) is 2. The molecule has 1 saturated heterocycles. The predicted octanol–water partition coefficient (Wildman–Crippen LogP) is 0.826. The van der Waals surface area contributed by atoms with Gasteiger partial charge in [-0.15, -0.1) is 6.58 Å². The van der Waals surface area contributed by atoms with Gasteiger partial charge in [-0.2, -0.15) is 0 Å². The first-order valence-electron chi connectivity index (χ1n) is 5.37. The molecule has 1 atom stereocenters. The van der Waals surface area contributed by atoms with E-state index in [1.165, 1.54) is 0 Å². The minimum absolute atomic E-state index is 0.0185. The van der Waals surface area contributed by atoms with Crippen molar-refractivity contribution in [1.29, 1.82) is 0 Å². The van der Waals surface area contributed by atoms with Crippen LogP contribution in [0.5, 0.6) is 0 Å². The van der Waals surface area contributed by atoms with E-state index in [9.17, 15) is 4.79 Å². The molecule has 0 aliphatic carbocycles. The lowest BCUT2D eigenvalue weighted by Crippen LogP contribution is -2.42. The third-order valence-corrected chi connectivity index (χ3v) is 2.45. The highest BCUT2D eigenvalue weighted by Crippen LogP contribution is 2.02. The Morgan fingerprint density at radius 1 is 1.60 bits per heavy atom. The highest BCUT2D eigenvalue weighted by molar-refractivity contribution is 5.77. The van der Waals surface area contributed by atoms with Gasteiger partial charge in [-0.3, -0.25) is 4.79 Å². The molecule has 1 rings (SSSR count). The fraction of sp³-hybridized carbons (Fsp3) is 0.727. The molecule has 1 amide bonds. The summed E-state index contributed by atoms with van der Waals surface area (Å²) in [4.78, 5) is 13.4. The molecule has 0 aromatic carbocycles.